The van der Waals surface area contributed by atoms with Crippen LogP contribution in [0.1, 0.15) is 56.3 Å². The first-order valence-electron chi connectivity index (χ1n) is 10.3. The lowest BCUT2D eigenvalue weighted by Crippen LogP contribution is -2.33. The van der Waals surface area contributed by atoms with Crippen molar-refractivity contribution in [2.45, 2.75) is 25.8 Å². The molecule has 2 N–H and O–H groups in total. The van der Waals surface area contributed by atoms with Crippen LogP contribution in [0.4, 0.5) is 0 Å². The summed E-state index contributed by atoms with van der Waals surface area (Å²) < 4.78 is 5.18. The largest absolute Gasteiger partial charge is 0.452 e. The van der Waals surface area contributed by atoms with Gasteiger partial charge < -0.3 is 15.0 Å². The number of aryl methyl sites for hydroxylation is 1. The molecule has 2 aromatic carbocycles. The summed E-state index contributed by atoms with van der Waals surface area (Å²) in [6.45, 7) is 1.68. The number of nitrogens with one attached hydrogen (secondary N) is 2. The van der Waals surface area contributed by atoms with E-state index in [0.717, 1.165) is 18.4 Å². The minimum Gasteiger partial charge on any atom is -0.452 e. The highest BCUT2D eigenvalue weighted by molar-refractivity contribution is 6.09. The molecule has 1 aliphatic carbocycles. The Morgan fingerprint density at radius 1 is 0.968 bits per heavy atom. The van der Waals surface area contributed by atoms with E-state index < -0.39 is 5.97 Å². The Bertz CT molecular complexity index is 1070. The Morgan fingerprint density at radius 2 is 1.65 bits per heavy atom. The summed E-state index contributed by atoms with van der Waals surface area (Å²) in [5, 5.41) is 3.00. The molecule has 1 aliphatic rings. The zero-order valence-corrected chi connectivity index (χ0v) is 17.3. The zero-order chi connectivity index (χ0) is 21.8. The number of benzene rings is 2. The van der Waals surface area contributed by atoms with Gasteiger partial charge in [0, 0.05) is 23.5 Å². The van der Waals surface area contributed by atoms with Crippen molar-refractivity contribution in [3.05, 3.63) is 94.8 Å². The van der Waals surface area contributed by atoms with Crippen molar-refractivity contribution < 1.29 is 19.1 Å². The molecule has 6 heteroatoms. The molecule has 31 heavy (non-hydrogen) atoms. The minimum atomic E-state index is -0.603. The van der Waals surface area contributed by atoms with E-state index in [1.165, 1.54) is 17.7 Å². The highest BCUT2D eigenvalue weighted by atomic mass is 16.5. The van der Waals surface area contributed by atoms with E-state index in [0.29, 0.717) is 17.0 Å². The fourth-order valence-electron chi connectivity index (χ4n) is 3.50. The molecular formula is C25H24N2O4. The Labute approximate surface area is 180 Å². The van der Waals surface area contributed by atoms with Crippen molar-refractivity contribution in [2.75, 3.05) is 6.61 Å². The monoisotopic (exact) mass is 416 g/mol. The van der Waals surface area contributed by atoms with Crippen LogP contribution in [-0.2, 0) is 9.53 Å². The van der Waals surface area contributed by atoms with Crippen molar-refractivity contribution in [3.63, 3.8) is 0 Å². The van der Waals surface area contributed by atoms with Gasteiger partial charge in [-0.15, -0.1) is 0 Å². The molecule has 158 valence electrons. The van der Waals surface area contributed by atoms with Crippen LogP contribution in [0.3, 0.4) is 0 Å². The Hall–Kier alpha value is -3.67. The number of esters is 1. The average Bonchev–Trinajstić information content (AvgIpc) is 3.49. The Kier molecular flexibility index (Phi) is 5.98. The molecule has 1 fully saturated rings. The lowest BCUT2D eigenvalue weighted by molar-refractivity contribution is -0.125. The van der Waals surface area contributed by atoms with Crippen LogP contribution in [0.15, 0.2) is 67.0 Å². The number of hydrogen-bond donors (Lipinski definition) is 2. The number of carbonyl (C=O) groups excluding carboxylic acids is 3. The van der Waals surface area contributed by atoms with Crippen molar-refractivity contribution in [1.82, 2.24) is 10.3 Å². The SMILES string of the molecule is Cc1ccc(C(NC(=O)COC(=O)c2ccc(C(=O)c3cc[nH]c3)cc2)C2CC2)cc1. The number of ether oxygens (including phenoxy) is 1. The highest BCUT2D eigenvalue weighted by Gasteiger charge is 2.33. The van der Waals surface area contributed by atoms with Gasteiger partial charge in [0.15, 0.2) is 12.4 Å². The summed E-state index contributed by atoms with van der Waals surface area (Å²) in [5.74, 6) is -0.644. The van der Waals surface area contributed by atoms with Crippen LogP contribution in [0.25, 0.3) is 0 Å². The number of aromatic amines is 1. The Morgan fingerprint density at radius 3 is 2.26 bits per heavy atom. The molecule has 0 saturated heterocycles. The summed E-state index contributed by atoms with van der Waals surface area (Å²) >= 11 is 0. The molecule has 1 atom stereocenters. The van der Waals surface area contributed by atoms with E-state index in [-0.39, 0.29) is 29.9 Å². The van der Waals surface area contributed by atoms with Gasteiger partial charge in [-0.1, -0.05) is 42.0 Å². The first kappa shape index (κ1) is 20.6. The van der Waals surface area contributed by atoms with Crippen molar-refractivity contribution >= 4 is 17.7 Å². The summed E-state index contributed by atoms with van der Waals surface area (Å²) in [5.41, 5.74) is 3.54. The fraction of sp³-hybridized carbons (Fsp3) is 0.240. The predicted molar refractivity (Wildman–Crippen MR) is 116 cm³/mol. The molecule has 0 radical (unpaired) electrons. The first-order chi connectivity index (χ1) is 15.0. The third-order valence-electron chi connectivity index (χ3n) is 5.42. The Balaban J connectivity index is 1.32. The maximum Gasteiger partial charge on any atom is 0.338 e. The quantitative estimate of drug-likeness (QED) is 0.429. The second kappa shape index (κ2) is 9.00. The van der Waals surface area contributed by atoms with Crippen LogP contribution in [0.5, 0.6) is 0 Å². The highest BCUT2D eigenvalue weighted by Crippen LogP contribution is 2.41. The standard InChI is InChI=1S/C25H24N2O4/c1-16-2-4-17(5-3-16)23(18-6-7-18)27-22(28)15-31-25(30)20-10-8-19(9-11-20)24(29)21-12-13-26-14-21/h2-5,8-14,18,23,26H,6-7,15H2,1H3,(H,27,28). The molecule has 3 aromatic rings. The minimum absolute atomic E-state index is 0.0643. The molecule has 4 rings (SSSR count). The van der Waals surface area contributed by atoms with Crippen LogP contribution < -0.4 is 5.32 Å². The van der Waals surface area contributed by atoms with Crippen molar-refractivity contribution in [3.8, 4) is 0 Å². The zero-order valence-electron chi connectivity index (χ0n) is 17.3. The van der Waals surface area contributed by atoms with E-state index in [4.69, 9.17) is 4.74 Å². The topological polar surface area (TPSA) is 88.3 Å². The molecule has 0 spiro atoms. The van der Waals surface area contributed by atoms with Gasteiger partial charge >= 0.3 is 5.97 Å². The molecule has 0 aliphatic heterocycles. The first-order valence-corrected chi connectivity index (χ1v) is 10.3. The molecule has 1 heterocycles. The lowest BCUT2D eigenvalue weighted by atomic mass is 10.0. The number of carbonyl (C=O) groups is 3. The fourth-order valence-corrected chi connectivity index (χ4v) is 3.50. The molecule has 0 bridgehead atoms. The van der Waals surface area contributed by atoms with E-state index in [2.05, 4.69) is 10.3 Å². The van der Waals surface area contributed by atoms with E-state index in [9.17, 15) is 14.4 Å². The number of H-pyrrole nitrogens is 1. The average molecular weight is 416 g/mol. The molecule has 1 unspecified atom stereocenters. The number of ketones is 1. The van der Waals surface area contributed by atoms with E-state index in [1.54, 1.807) is 30.6 Å². The van der Waals surface area contributed by atoms with Crippen molar-refractivity contribution in [1.29, 1.82) is 0 Å². The van der Waals surface area contributed by atoms with E-state index in [1.807, 2.05) is 31.2 Å². The van der Waals surface area contributed by atoms with Crippen LogP contribution in [0, 0.1) is 12.8 Å². The van der Waals surface area contributed by atoms with Gasteiger partial charge in [0.25, 0.3) is 5.91 Å². The predicted octanol–water partition coefficient (Wildman–Crippen LogP) is 3.98. The third kappa shape index (κ3) is 5.09. The molecular weight excluding hydrogens is 392 g/mol. The number of hydrogen-bond acceptors (Lipinski definition) is 4. The van der Waals surface area contributed by atoms with Crippen molar-refractivity contribution in [2.24, 2.45) is 5.92 Å². The second-order valence-electron chi connectivity index (χ2n) is 7.88. The van der Waals surface area contributed by atoms with Gasteiger partial charge in [0.1, 0.15) is 0 Å². The van der Waals surface area contributed by atoms with Gasteiger partial charge in [-0.2, -0.15) is 0 Å². The molecule has 1 saturated carbocycles. The number of aromatic nitrogens is 1. The lowest BCUT2D eigenvalue weighted by Gasteiger charge is -2.19. The van der Waals surface area contributed by atoms with Gasteiger partial charge in [0.05, 0.1) is 11.6 Å². The maximum atomic E-state index is 12.4. The number of rotatable bonds is 8. The summed E-state index contributed by atoms with van der Waals surface area (Å²) in [6, 6.07) is 15.9. The van der Waals surface area contributed by atoms with Crippen LogP contribution in [-0.4, -0.2) is 29.3 Å². The smallest absolute Gasteiger partial charge is 0.338 e. The van der Waals surface area contributed by atoms with Gasteiger partial charge in [-0.3, -0.25) is 9.59 Å². The second-order valence-corrected chi connectivity index (χ2v) is 7.88. The summed E-state index contributed by atoms with van der Waals surface area (Å²) in [6.07, 6.45) is 5.45. The van der Waals surface area contributed by atoms with Crippen LogP contribution >= 0.6 is 0 Å². The van der Waals surface area contributed by atoms with E-state index >= 15 is 0 Å². The normalized spacial score (nSPS) is 14.0. The number of amides is 1. The van der Waals surface area contributed by atoms with Gasteiger partial charge in [-0.25, -0.2) is 4.79 Å². The third-order valence-corrected chi connectivity index (χ3v) is 5.42. The molecule has 1 amide bonds. The molecule has 1 aromatic heterocycles. The van der Waals surface area contributed by atoms with Gasteiger partial charge in [0.2, 0.25) is 0 Å². The summed E-state index contributed by atoms with van der Waals surface area (Å²) in [4.78, 5) is 39.9. The van der Waals surface area contributed by atoms with Gasteiger partial charge in [-0.05, 0) is 49.4 Å². The molecule has 6 nitrogen and oxygen atoms in total. The van der Waals surface area contributed by atoms with Crippen LogP contribution in [0.2, 0.25) is 0 Å². The maximum absolute atomic E-state index is 12.4. The summed E-state index contributed by atoms with van der Waals surface area (Å²) in [7, 11) is 0.